The van der Waals surface area contributed by atoms with Gasteiger partial charge in [-0.15, -0.1) is 0 Å². The third kappa shape index (κ3) is 5.37. The molecule has 0 radical (unpaired) electrons. The first-order valence-corrected chi connectivity index (χ1v) is 11.2. The van der Waals surface area contributed by atoms with E-state index < -0.39 is 0 Å². The van der Waals surface area contributed by atoms with E-state index in [1.165, 1.54) is 11.8 Å². The van der Waals surface area contributed by atoms with Gasteiger partial charge >= 0.3 is 0 Å². The first-order valence-electron chi connectivity index (χ1n) is 8.87. The summed E-state index contributed by atoms with van der Waals surface area (Å²) in [6.07, 6.45) is 1.79. The molecule has 152 valence electrons. The largest absolute Gasteiger partial charge is 0.495 e. The molecule has 1 aliphatic rings. The number of hydrogen-bond donors (Lipinski definition) is 0. The van der Waals surface area contributed by atoms with Crippen LogP contribution in [0.5, 0.6) is 5.75 Å². The van der Waals surface area contributed by atoms with E-state index in [1.54, 1.807) is 36.3 Å². The van der Waals surface area contributed by atoms with Crippen molar-refractivity contribution in [1.29, 1.82) is 0 Å². The number of hydrogen-bond acceptors (Lipinski definition) is 4. The fourth-order valence-electron chi connectivity index (χ4n) is 2.79. The highest BCUT2D eigenvalue weighted by atomic mass is 79.9. The van der Waals surface area contributed by atoms with Crippen LogP contribution in [0.3, 0.4) is 0 Å². The van der Waals surface area contributed by atoms with Crippen molar-refractivity contribution in [2.45, 2.75) is 13.8 Å². The van der Waals surface area contributed by atoms with Crippen molar-refractivity contribution < 1.29 is 9.53 Å². The van der Waals surface area contributed by atoms with Gasteiger partial charge < -0.3 is 4.74 Å². The molecule has 3 rings (SSSR count). The van der Waals surface area contributed by atoms with Crippen LogP contribution in [-0.4, -0.2) is 29.6 Å². The molecule has 1 heterocycles. The van der Waals surface area contributed by atoms with Gasteiger partial charge in [0.2, 0.25) is 0 Å². The second-order valence-electron chi connectivity index (χ2n) is 6.80. The smallest absolute Gasteiger partial charge is 0.266 e. The maximum absolute atomic E-state index is 13.1. The van der Waals surface area contributed by atoms with Crippen molar-refractivity contribution in [2.75, 3.05) is 13.7 Å². The Bertz CT molecular complexity index is 991. The van der Waals surface area contributed by atoms with Crippen molar-refractivity contribution >= 4 is 73.7 Å². The van der Waals surface area contributed by atoms with Gasteiger partial charge in [0, 0.05) is 21.6 Å². The summed E-state index contributed by atoms with van der Waals surface area (Å²) in [5, 5.41) is 1.75. The lowest BCUT2D eigenvalue weighted by Crippen LogP contribution is -2.32. The van der Waals surface area contributed by atoms with Crippen molar-refractivity contribution in [3.63, 3.8) is 0 Å². The summed E-state index contributed by atoms with van der Waals surface area (Å²) < 4.78 is 6.23. The summed E-state index contributed by atoms with van der Waals surface area (Å²) in [5.41, 5.74) is 1.46. The first kappa shape index (κ1) is 22.2. The average molecular weight is 514 g/mol. The van der Waals surface area contributed by atoms with Gasteiger partial charge in [0.15, 0.2) is 5.17 Å². The van der Waals surface area contributed by atoms with Crippen LogP contribution in [0.25, 0.3) is 6.08 Å². The quantitative estimate of drug-likeness (QED) is 0.403. The van der Waals surface area contributed by atoms with Crippen LogP contribution >= 0.6 is 50.9 Å². The highest BCUT2D eigenvalue weighted by molar-refractivity contribution is 9.10. The zero-order chi connectivity index (χ0) is 21.1. The number of ether oxygens (including phenoxy) is 1. The Morgan fingerprint density at radius 1 is 1.24 bits per heavy atom. The Labute approximate surface area is 193 Å². The number of amides is 1. The van der Waals surface area contributed by atoms with Crippen molar-refractivity contribution in [2.24, 2.45) is 10.9 Å². The van der Waals surface area contributed by atoms with E-state index in [4.69, 9.17) is 27.9 Å². The molecule has 2 aromatic rings. The molecule has 8 heteroatoms. The second kappa shape index (κ2) is 9.56. The Morgan fingerprint density at radius 2 is 1.93 bits per heavy atom. The Hall–Kier alpha value is -1.47. The van der Waals surface area contributed by atoms with Gasteiger partial charge in [-0.2, -0.15) is 0 Å². The summed E-state index contributed by atoms with van der Waals surface area (Å²) in [5.74, 6) is 0.730. The number of halogens is 3. The normalized spacial score (nSPS) is 17.1. The van der Waals surface area contributed by atoms with Crippen LogP contribution in [0.1, 0.15) is 19.4 Å². The molecule has 0 N–H and O–H groups in total. The molecule has 1 saturated heterocycles. The minimum atomic E-state index is -0.0884. The summed E-state index contributed by atoms with van der Waals surface area (Å²) in [6.45, 7) is 4.71. The fraction of sp³-hybridized carbons (Fsp3) is 0.238. The third-order valence-electron chi connectivity index (χ3n) is 4.02. The molecule has 0 aromatic heterocycles. The van der Waals surface area contributed by atoms with Crippen LogP contribution in [-0.2, 0) is 4.79 Å². The molecule has 2 aromatic carbocycles. The molecule has 0 bridgehead atoms. The molecular formula is C21H19BrCl2N2O2S. The molecule has 0 saturated carbocycles. The number of amidine groups is 1. The van der Waals surface area contributed by atoms with Gasteiger partial charge in [-0.1, -0.05) is 53.0 Å². The van der Waals surface area contributed by atoms with E-state index in [2.05, 4.69) is 34.8 Å². The molecule has 0 atom stereocenters. The van der Waals surface area contributed by atoms with Gasteiger partial charge in [-0.25, -0.2) is 4.99 Å². The zero-order valence-electron chi connectivity index (χ0n) is 16.1. The molecule has 0 spiro atoms. The van der Waals surface area contributed by atoms with Gasteiger partial charge in [-0.05, 0) is 60.2 Å². The lowest BCUT2D eigenvalue weighted by atomic mass is 10.1. The van der Waals surface area contributed by atoms with Crippen LogP contribution in [0.15, 0.2) is 50.8 Å². The monoisotopic (exact) mass is 512 g/mol. The number of thioether (sulfide) groups is 1. The van der Waals surface area contributed by atoms with Gasteiger partial charge in [0.1, 0.15) is 5.75 Å². The standard InChI is InChI=1S/C21H19BrCl2N2O2S/c1-12(2)11-26-20(27)18(9-13-8-14(22)10-17(24)19(13)28-3)29-21(26)25-16-6-4-15(23)5-7-16/h4-10,12H,11H2,1-3H3/b18-9-,25-21?. The van der Waals surface area contributed by atoms with E-state index in [0.717, 1.165) is 15.7 Å². The molecule has 0 aliphatic carbocycles. The van der Waals surface area contributed by atoms with Gasteiger partial charge in [0.25, 0.3) is 5.91 Å². The van der Waals surface area contributed by atoms with Crippen LogP contribution < -0.4 is 4.74 Å². The van der Waals surface area contributed by atoms with Crippen LogP contribution in [0, 0.1) is 5.92 Å². The zero-order valence-corrected chi connectivity index (χ0v) is 20.0. The number of nitrogens with zero attached hydrogens (tertiary/aromatic N) is 2. The highest BCUT2D eigenvalue weighted by Crippen LogP contribution is 2.39. The van der Waals surface area contributed by atoms with Gasteiger partial charge in [-0.3, -0.25) is 9.69 Å². The van der Waals surface area contributed by atoms with E-state index in [9.17, 15) is 4.79 Å². The lowest BCUT2D eigenvalue weighted by molar-refractivity contribution is -0.122. The average Bonchev–Trinajstić information content (AvgIpc) is 2.92. The first-order chi connectivity index (χ1) is 13.8. The van der Waals surface area contributed by atoms with Crippen LogP contribution in [0.4, 0.5) is 5.69 Å². The van der Waals surface area contributed by atoms with Gasteiger partial charge in [0.05, 0.1) is 22.7 Å². The SMILES string of the molecule is COc1c(Cl)cc(Br)cc1/C=C1\SC(=Nc2ccc(Cl)cc2)N(CC(C)C)C1=O. The Balaban J connectivity index is 2.02. The molecule has 1 amide bonds. The number of rotatable bonds is 5. The second-order valence-corrected chi connectivity index (χ2v) is 9.57. The minimum Gasteiger partial charge on any atom is -0.495 e. The molecule has 1 fully saturated rings. The molecule has 0 unspecified atom stereocenters. The summed E-state index contributed by atoms with van der Waals surface area (Å²) >= 11 is 17.0. The number of carbonyl (C=O) groups excluding carboxylic acids is 1. The maximum atomic E-state index is 13.1. The minimum absolute atomic E-state index is 0.0884. The number of benzene rings is 2. The van der Waals surface area contributed by atoms with E-state index in [-0.39, 0.29) is 5.91 Å². The van der Waals surface area contributed by atoms with Crippen molar-refractivity contribution in [3.8, 4) is 5.75 Å². The number of methoxy groups -OCH3 is 1. The fourth-order valence-corrected chi connectivity index (χ4v) is 4.82. The van der Waals surface area contributed by atoms with Crippen LogP contribution in [0.2, 0.25) is 10.0 Å². The predicted octanol–water partition coefficient (Wildman–Crippen LogP) is 7.02. The summed E-state index contributed by atoms with van der Waals surface area (Å²) in [4.78, 5) is 20.1. The van der Waals surface area contributed by atoms with Crippen molar-refractivity contribution in [1.82, 2.24) is 4.90 Å². The molecule has 1 aliphatic heterocycles. The van der Waals surface area contributed by atoms with Crippen molar-refractivity contribution in [3.05, 3.63) is 61.4 Å². The molecule has 4 nitrogen and oxygen atoms in total. The molecular weight excluding hydrogens is 495 g/mol. The Morgan fingerprint density at radius 3 is 2.55 bits per heavy atom. The maximum Gasteiger partial charge on any atom is 0.266 e. The number of carbonyl (C=O) groups is 1. The summed E-state index contributed by atoms with van der Waals surface area (Å²) in [6, 6.07) is 10.8. The molecule has 29 heavy (non-hydrogen) atoms. The van der Waals surface area contributed by atoms with E-state index in [1.807, 2.05) is 18.2 Å². The lowest BCUT2D eigenvalue weighted by Gasteiger charge is -2.17. The highest BCUT2D eigenvalue weighted by Gasteiger charge is 2.34. The topological polar surface area (TPSA) is 41.9 Å². The predicted molar refractivity (Wildman–Crippen MR) is 126 cm³/mol. The summed E-state index contributed by atoms with van der Waals surface area (Å²) in [7, 11) is 1.55. The Kier molecular flexibility index (Phi) is 7.32. The number of aliphatic imine (C=N–C) groups is 1. The van der Waals surface area contributed by atoms with E-state index in [0.29, 0.717) is 38.3 Å². The third-order valence-corrected chi connectivity index (χ3v) is 6.01. The van der Waals surface area contributed by atoms with E-state index >= 15 is 0 Å².